The van der Waals surface area contributed by atoms with Crippen LogP contribution in [0.4, 0.5) is 0 Å². The number of alkyl halides is 1. The molecule has 0 aliphatic heterocycles. The fraction of sp³-hybridized carbons (Fsp3) is 0.410. The SMILES string of the molecule is CC(C)C[C@H](NC(=O)[C@H](CCc1ccccc1)CC(=O)CCCCI)C(=O)C[C@@H](Cc1ccccc1)C(=O)OC(=O)c1ccccc1. The Morgan fingerprint density at radius 2 is 1.34 bits per heavy atom. The third-order valence-corrected chi connectivity index (χ3v) is 8.79. The third-order valence-electron chi connectivity index (χ3n) is 8.03. The van der Waals surface area contributed by atoms with Crippen molar-refractivity contribution in [3.63, 3.8) is 0 Å². The summed E-state index contributed by atoms with van der Waals surface area (Å²) in [6.45, 7) is 3.93. The van der Waals surface area contributed by atoms with Crippen molar-refractivity contribution >= 4 is 52.0 Å². The van der Waals surface area contributed by atoms with Gasteiger partial charge in [-0.3, -0.25) is 19.2 Å². The first kappa shape index (κ1) is 37.8. The number of rotatable bonds is 20. The van der Waals surface area contributed by atoms with Crippen LogP contribution < -0.4 is 5.32 Å². The maximum Gasteiger partial charge on any atom is 0.345 e. The summed E-state index contributed by atoms with van der Waals surface area (Å²) in [5, 5.41) is 2.97. The van der Waals surface area contributed by atoms with Crippen LogP contribution in [0.25, 0.3) is 0 Å². The smallest absolute Gasteiger partial charge is 0.345 e. The molecule has 0 aliphatic rings. The van der Waals surface area contributed by atoms with Gasteiger partial charge in [0.05, 0.1) is 17.5 Å². The fourth-order valence-electron chi connectivity index (χ4n) is 5.47. The van der Waals surface area contributed by atoms with Gasteiger partial charge < -0.3 is 10.1 Å². The average molecular weight is 752 g/mol. The Kier molecular flexibility index (Phi) is 16.5. The minimum atomic E-state index is -0.933. The quantitative estimate of drug-likeness (QED) is 0.0421. The molecule has 0 fully saturated rings. The summed E-state index contributed by atoms with van der Waals surface area (Å²) >= 11 is 2.29. The molecule has 0 saturated heterocycles. The second-order valence-electron chi connectivity index (χ2n) is 12.4. The lowest BCUT2D eigenvalue weighted by Gasteiger charge is -2.25. The maximum absolute atomic E-state index is 13.9. The first-order valence-corrected chi connectivity index (χ1v) is 18.0. The second-order valence-corrected chi connectivity index (χ2v) is 13.5. The minimum Gasteiger partial charge on any atom is -0.389 e. The number of ether oxygens (including phenoxy) is 1. The molecule has 1 N–H and O–H groups in total. The molecule has 3 rings (SSSR count). The number of nitrogens with one attached hydrogen (secondary N) is 1. The second kappa shape index (κ2) is 20.5. The van der Waals surface area contributed by atoms with Gasteiger partial charge in [-0.25, -0.2) is 4.79 Å². The molecule has 0 heterocycles. The maximum atomic E-state index is 13.9. The fourth-order valence-corrected chi connectivity index (χ4v) is 6.01. The highest BCUT2D eigenvalue weighted by Gasteiger charge is 2.32. The highest BCUT2D eigenvalue weighted by atomic mass is 127. The molecule has 7 nitrogen and oxygen atoms in total. The van der Waals surface area contributed by atoms with Crippen LogP contribution in [0, 0.1) is 17.8 Å². The van der Waals surface area contributed by atoms with Gasteiger partial charge in [0.1, 0.15) is 5.78 Å². The van der Waals surface area contributed by atoms with Gasteiger partial charge in [-0.15, -0.1) is 0 Å². The third kappa shape index (κ3) is 13.9. The van der Waals surface area contributed by atoms with E-state index in [9.17, 15) is 24.0 Å². The molecule has 8 heteroatoms. The minimum absolute atomic E-state index is 0.0450. The number of carbonyl (C=O) groups is 5. The topological polar surface area (TPSA) is 107 Å². The van der Waals surface area contributed by atoms with Crippen LogP contribution in [0.1, 0.15) is 80.3 Å². The Morgan fingerprint density at radius 3 is 1.94 bits per heavy atom. The number of benzene rings is 3. The lowest BCUT2D eigenvalue weighted by atomic mass is 9.88. The van der Waals surface area contributed by atoms with E-state index < -0.39 is 29.8 Å². The Balaban J connectivity index is 1.78. The van der Waals surface area contributed by atoms with Crippen molar-refractivity contribution in [2.75, 3.05) is 4.43 Å². The summed E-state index contributed by atoms with van der Waals surface area (Å²) in [7, 11) is 0. The number of aryl methyl sites for hydroxylation is 1. The van der Waals surface area contributed by atoms with Gasteiger partial charge in [-0.05, 0) is 72.1 Å². The van der Waals surface area contributed by atoms with E-state index in [4.69, 9.17) is 4.74 Å². The molecule has 0 aliphatic carbocycles. The molecule has 3 aromatic rings. The van der Waals surface area contributed by atoms with E-state index in [0.29, 0.717) is 25.7 Å². The Morgan fingerprint density at radius 1 is 0.745 bits per heavy atom. The van der Waals surface area contributed by atoms with Crippen molar-refractivity contribution in [3.8, 4) is 0 Å². The van der Waals surface area contributed by atoms with E-state index >= 15 is 0 Å². The Labute approximate surface area is 292 Å². The summed E-state index contributed by atoms with van der Waals surface area (Å²) in [5.41, 5.74) is 2.13. The van der Waals surface area contributed by atoms with Crippen LogP contribution >= 0.6 is 22.6 Å². The van der Waals surface area contributed by atoms with Gasteiger partial charge in [0.2, 0.25) is 5.91 Å². The molecule has 0 spiro atoms. The van der Waals surface area contributed by atoms with E-state index in [0.717, 1.165) is 28.4 Å². The first-order valence-electron chi connectivity index (χ1n) is 16.5. The summed E-state index contributed by atoms with van der Waals surface area (Å²) in [6, 6.07) is 26.4. The van der Waals surface area contributed by atoms with Crippen molar-refractivity contribution in [1.29, 1.82) is 0 Å². The van der Waals surface area contributed by atoms with Crippen LogP contribution in [-0.4, -0.2) is 39.9 Å². The molecule has 0 aromatic heterocycles. The van der Waals surface area contributed by atoms with Crippen LogP contribution in [0.5, 0.6) is 0 Å². The zero-order chi connectivity index (χ0) is 34.0. The van der Waals surface area contributed by atoms with Gasteiger partial charge in [-0.1, -0.05) is 115 Å². The number of carbonyl (C=O) groups excluding carboxylic acids is 5. The van der Waals surface area contributed by atoms with Crippen LogP contribution in [0.3, 0.4) is 0 Å². The van der Waals surface area contributed by atoms with Crippen LogP contribution in [-0.2, 0) is 36.8 Å². The Bertz CT molecular complexity index is 1430. The average Bonchev–Trinajstić information content (AvgIpc) is 3.07. The number of hydrogen-bond donors (Lipinski definition) is 1. The van der Waals surface area contributed by atoms with Gasteiger partial charge >= 0.3 is 11.9 Å². The number of ketones is 2. The van der Waals surface area contributed by atoms with Crippen molar-refractivity contribution in [3.05, 3.63) is 108 Å². The van der Waals surface area contributed by atoms with E-state index in [-0.39, 0.29) is 48.2 Å². The highest BCUT2D eigenvalue weighted by molar-refractivity contribution is 14.1. The van der Waals surface area contributed by atoms with Gasteiger partial charge in [0, 0.05) is 25.2 Å². The first-order chi connectivity index (χ1) is 22.7. The van der Waals surface area contributed by atoms with E-state index in [1.165, 1.54) is 0 Å². The number of unbranched alkanes of at least 4 members (excludes halogenated alkanes) is 1. The molecule has 1 amide bonds. The summed E-state index contributed by atoms with van der Waals surface area (Å²) < 4.78 is 6.23. The highest BCUT2D eigenvalue weighted by Crippen LogP contribution is 2.21. The van der Waals surface area contributed by atoms with Crippen molar-refractivity contribution in [1.82, 2.24) is 5.32 Å². The molecule has 3 aromatic carbocycles. The van der Waals surface area contributed by atoms with Crippen molar-refractivity contribution < 1.29 is 28.7 Å². The molecule has 47 heavy (non-hydrogen) atoms. The number of amides is 1. The lowest BCUT2D eigenvalue weighted by molar-refractivity contribution is -0.145. The molecule has 0 saturated carbocycles. The largest absolute Gasteiger partial charge is 0.389 e. The molecular weight excluding hydrogens is 705 g/mol. The predicted octanol–water partition coefficient (Wildman–Crippen LogP) is 7.53. The number of esters is 2. The summed E-state index contributed by atoms with van der Waals surface area (Å²) in [6.07, 6.45) is 3.74. The van der Waals surface area contributed by atoms with Crippen molar-refractivity contribution in [2.24, 2.45) is 17.8 Å². The molecular formula is C39H46INO6. The number of halogens is 1. The zero-order valence-electron chi connectivity index (χ0n) is 27.4. The predicted molar refractivity (Wildman–Crippen MR) is 192 cm³/mol. The normalized spacial score (nSPS) is 12.9. The van der Waals surface area contributed by atoms with E-state index in [1.54, 1.807) is 30.3 Å². The van der Waals surface area contributed by atoms with Gasteiger partial charge in [0.15, 0.2) is 5.78 Å². The number of Topliss-reactive ketones (excluding diaryl/α,β-unsaturated/α-hetero) is 2. The molecule has 0 unspecified atom stereocenters. The monoisotopic (exact) mass is 751 g/mol. The molecule has 0 bridgehead atoms. The van der Waals surface area contributed by atoms with Crippen molar-refractivity contribution in [2.45, 2.75) is 77.7 Å². The zero-order valence-corrected chi connectivity index (χ0v) is 29.5. The number of hydrogen-bond acceptors (Lipinski definition) is 6. The summed E-state index contributed by atoms with van der Waals surface area (Å²) in [4.78, 5) is 66.7. The van der Waals surface area contributed by atoms with Gasteiger partial charge in [0.25, 0.3) is 0 Å². The molecule has 3 atom stereocenters. The molecule has 0 radical (unpaired) electrons. The van der Waals surface area contributed by atoms with E-state index in [1.807, 2.05) is 74.5 Å². The lowest BCUT2D eigenvalue weighted by Crippen LogP contribution is -2.46. The Hall–Kier alpha value is -3.66. The van der Waals surface area contributed by atoms with E-state index in [2.05, 4.69) is 27.9 Å². The van der Waals surface area contributed by atoms with Crippen LogP contribution in [0.2, 0.25) is 0 Å². The summed E-state index contributed by atoms with van der Waals surface area (Å²) in [5.74, 6) is -3.61. The van der Waals surface area contributed by atoms with Gasteiger partial charge in [-0.2, -0.15) is 0 Å². The molecule has 250 valence electrons. The van der Waals surface area contributed by atoms with Crippen LogP contribution in [0.15, 0.2) is 91.0 Å². The standard InChI is InChI=1S/C39H46INO6/c1-28(2)24-35(41-37(44)32(26-34(42)20-12-13-23-40)22-21-29-14-6-3-7-15-29)36(43)27-33(25-30-16-8-4-9-17-30)39(46)47-38(45)31-18-10-5-11-19-31/h3-11,14-19,28,32-33,35H,12-13,20-27H2,1-2H3,(H,41,44)/t32-,33-,35+/m1/s1.